The lowest BCUT2D eigenvalue weighted by atomic mass is 10.1. The minimum Gasteiger partial charge on any atom is -1.00 e. The van der Waals surface area contributed by atoms with Gasteiger partial charge in [0.25, 0.3) is 0 Å². The second-order valence-electron chi connectivity index (χ2n) is 7.30. The summed E-state index contributed by atoms with van der Waals surface area (Å²) in [5.41, 5.74) is 7.94. The average Bonchev–Trinajstić information content (AvgIpc) is 2.97. The van der Waals surface area contributed by atoms with Gasteiger partial charge in [-0.1, -0.05) is 17.8 Å². The molecular formula is C24H27IN2S. The highest BCUT2D eigenvalue weighted by Gasteiger charge is 2.26. The van der Waals surface area contributed by atoms with Crippen LogP contribution in [0, 0.1) is 20.8 Å². The molecule has 0 saturated heterocycles. The van der Waals surface area contributed by atoms with E-state index >= 15 is 0 Å². The predicted octanol–water partition coefficient (Wildman–Crippen LogP) is 3.01. The second-order valence-corrected chi connectivity index (χ2v) is 8.36. The molecule has 4 heteroatoms. The Balaban J connectivity index is 0.00000225. The van der Waals surface area contributed by atoms with Crippen LogP contribution in [0.1, 0.15) is 36.2 Å². The monoisotopic (exact) mass is 502 g/mol. The number of thioether (sulfide) groups is 1. The van der Waals surface area contributed by atoms with Gasteiger partial charge in [0.05, 0.1) is 10.7 Å². The minimum absolute atomic E-state index is 0. The second kappa shape index (κ2) is 8.46. The lowest BCUT2D eigenvalue weighted by molar-refractivity contribution is -0.669. The van der Waals surface area contributed by atoms with Crippen molar-refractivity contribution >= 4 is 34.4 Å². The van der Waals surface area contributed by atoms with Crippen LogP contribution in [0.3, 0.4) is 0 Å². The van der Waals surface area contributed by atoms with Crippen LogP contribution in [0.25, 0.3) is 17.0 Å². The van der Waals surface area contributed by atoms with Gasteiger partial charge in [-0.2, -0.15) is 4.57 Å². The number of hydrogen-bond acceptors (Lipinski definition) is 2. The van der Waals surface area contributed by atoms with Crippen LogP contribution in [0.15, 0.2) is 52.4 Å². The topological polar surface area (TPSA) is 7.12 Å². The molecule has 0 saturated carbocycles. The summed E-state index contributed by atoms with van der Waals surface area (Å²) < 4.78 is 2.42. The third-order valence-corrected chi connectivity index (χ3v) is 6.57. The highest BCUT2D eigenvalue weighted by atomic mass is 127. The zero-order valence-corrected chi connectivity index (χ0v) is 20.2. The highest BCUT2D eigenvalue weighted by Crippen LogP contribution is 2.47. The highest BCUT2D eigenvalue weighted by molar-refractivity contribution is 8.03. The van der Waals surface area contributed by atoms with Gasteiger partial charge in [0.15, 0.2) is 0 Å². The lowest BCUT2D eigenvalue weighted by Gasteiger charge is -2.18. The van der Waals surface area contributed by atoms with Crippen LogP contribution in [-0.2, 0) is 6.54 Å². The molecule has 1 aliphatic rings. The summed E-state index contributed by atoms with van der Waals surface area (Å²) in [6, 6.07) is 15.9. The largest absolute Gasteiger partial charge is 1.00 e. The Morgan fingerprint density at radius 2 is 1.68 bits per heavy atom. The first-order valence-corrected chi connectivity index (χ1v) is 10.5. The van der Waals surface area contributed by atoms with Crippen molar-refractivity contribution in [3.8, 4) is 0 Å². The summed E-state index contributed by atoms with van der Waals surface area (Å²) in [5, 5.41) is 2.61. The third kappa shape index (κ3) is 3.69. The van der Waals surface area contributed by atoms with E-state index in [0.29, 0.717) is 0 Å². The number of halogens is 1. The van der Waals surface area contributed by atoms with Gasteiger partial charge >= 0.3 is 0 Å². The molecule has 0 atom stereocenters. The van der Waals surface area contributed by atoms with Crippen molar-refractivity contribution in [1.82, 2.24) is 0 Å². The van der Waals surface area contributed by atoms with Crippen molar-refractivity contribution in [2.45, 2.75) is 46.1 Å². The molecule has 1 aliphatic heterocycles. The molecule has 0 N–H and O–H groups in total. The van der Waals surface area contributed by atoms with E-state index in [1.54, 1.807) is 0 Å². The number of rotatable bonds is 3. The maximum Gasteiger partial charge on any atom is 0.213 e. The van der Waals surface area contributed by atoms with Crippen LogP contribution in [0.4, 0.5) is 5.69 Å². The fraction of sp³-hybridized carbons (Fsp3) is 0.292. The van der Waals surface area contributed by atoms with E-state index < -0.39 is 0 Å². The Labute approximate surface area is 189 Å². The van der Waals surface area contributed by atoms with Gasteiger partial charge in [-0.25, -0.2) is 0 Å². The molecule has 0 bridgehead atoms. The van der Waals surface area contributed by atoms with Crippen LogP contribution in [0.2, 0.25) is 0 Å². The van der Waals surface area contributed by atoms with E-state index in [1.807, 2.05) is 11.8 Å². The first kappa shape index (κ1) is 21.2. The van der Waals surface area contributed by atoms with Gasteiger partial charge in [0.2, 0.25) is 11.2 Å². The van der Waals surface area contributed by atoms with Crippen LogP contribution in [-0.4, -0.2) is 6.54 Å². The first-order chi connectivity index (χ1) is 13.0. The Hall–Kier alpha value is -1.53. The summed E-state index contributed by atoms with van der Waals surface area (Å²) in [6.45, 7) is 13.0. The molecule has 3 aromatic rings. The molecule has 2 heterocycles. The summed E-state index contributed by atoms with van der Waals surface area (Å²) in [5.74, 6) is 0. The van der Waals surface area contributed by atoms with Crippen LogP contribution in [0.5, 0.6) is 0 Å². The first-order valence-electron chi connectivity index (χ1n) is 9.73. The molecule has 0 fully saturated rings. The predicted molar refractivity (Wildman–Crippen MR) is 117 cm³/mol. The number of nitrogens with zero attached hydrogens (tertiary/aromatic N) is 2. The van der Waals surface area contributed by atoms with Crippen molar-refractivity contribution in [2.75, 3.05) is 11.4 Å². The summed E-state index contributed by atoms with van der Waals surface area (Å²) in [7, 11) is 0. The maximum absolute atomic E-state index is 2.44. The standard InChI is InChI=1S/C24H27N2S.HI/c1-6-25-20(11-10-19-9-8-16(3)12-21(19)25)15-24-26(7-2)22-13-17(4)18(5)14-23(22)27-24;/h8-15H,6-7H2,1-5H3;1H/q+1;/p-1. The van der Waals surface area contributed by atoms with Crippen molar-refractivity contribution in [3.63, 3.8) is 0 Å². The fourth-order valence-electron chi connectivity index (χ4n) is 3.83. The Morgan fingerprint density at radius 3 is 2.39 bits per heavy atom. The molecule has 0 unspecified atom stereocenters. The SMILES string of the molecule is CCN1/C(=C/c2ccc3ccc(C)cc3[n+]2CC)Sc2cc(C)c(C)cc21.[I-]. The number of benzene rings is 2. The van der Waals surface area contributed by atoms with Crippen LogP contribution < -0.4 is 33.4 Å². The van der Waals surface area contributed by atoms with Gasteiger partial charge in [0, 0.05) is 35.0 Å². The molecular weight excluding hydrogens is 475 g/mol. The van der Waals surface area contributed by atoms with E-state index in [1.165, 1.54) is 48.9 Å². The molecule has 0 amide bonds. The van der Waals surface area contributed by atoms with E-state index in [2.05, 4.69) is 92.6 Å². The summed E-state index contributed by atoms with van der Waals surface area (Å²) in [6.07, 6.45) is 2.35. The Morgan fingerprint density at radius 1 is 0.964 bits per heavy atom. The van der Waals surface area contributed by atoms with Gasteiger partial charge < -0.3 is 28.9 Å². The van der Waals surface area contributed by atoms with E-state index in [0.717, 1.165) is 13.1 Å². The summed E-state index contributed by atoms with van der Waals surface area (Å²) in [4.78, 5) is 3.80. The van der Waals surface area contributed by atoms with E-state index in [-0.39, 0.29) is 24.0 Å². The molecule has 0 radical (unpaired) electrons. The van der Waals surface area contributed by atoms with Crippen LogP contribution >= 0.6 is 11.8 Å². The quantitative estimate of drug-likeness (QED) is 0.402. The van der Waals surface area contributed by atoms with Crippen molar-refractivity contribution in [2.24, 2.45) is 0 Å². The normalized spacial score (nSPS) is 14.5. The Bertz CT molecular complexity index is 1070. The van der Waals surface area contributed by atoms with E-state index in [9.17, 15) is 0 Å². The molecule has 1 aromatic heterocycles. The molecule has 2 aromatic carbocycles. The van der Waals surface area contributed by atoms with Crippen molar-refractivity contribution in [1.29, 1.82) is 0 Å². The third-order valence-electron chi connectivity index (χ3n) is 5.47. The number of pyridine rings is 1. The molecule has 28 heavy (non-hydrogen) atoms. The number of aryl methyl sites for hydroxylation is 4. The molecule has 2 nitrogen and oxygen atoms in total. The Kier molecular flexibility index (Phi) is 6.40. The van der Waals surface area contributed by atoms with Gasteiger partial charge in [0.1, 0.15) is 6.54 Å². The summed E-state index contributed by atoms with van der Waals surface area (Å²) >= 11 is 1.89. The molecule has 4 rings (SSSR count). The zero-order valence-electron chi connectivity index (χ0n) is 17.2. The number of aromatic nitrogens is 1. The van der Waals surface area contributed by atoms with Gasteiger partial charge in [-0.15, -0.1) is 0 Å². The molecule has 146 valence electrons. The average molecular weight is 502 g/mol. The minimum atomic E-state index is 0. The van der Waals surface area contributed by atoms with Gasteiger partial charge in [-0.3, -0.25) is 0 Å². The fourth-order valence-corrected chi connectivity index (χ4v) is 5.08. The number of fused-ring (bicyclic) bond motifs is 2. The number of hydrogen-bond donors (Lipinski definition) is 0. The van der Waals surface area contributed by atoms with E-state index in [4.69, 9.17) is 0 Å². The maximum atomic E-state index is 2.44. The molecule has 0 aliphatic carbocycles. The number of anilines is 1. The van der Waals surface area contributed by atoms with Gasteiger partial charge in [-0.05, 0) is 75.6 Å². The lowest BCUT2D eigenvalue weighted by Crippen LogP contribution is -3.00. The molecule has 0 spiro atoms. The van der Waals surface area contributed by atoms with Crippen molar-refractivity contribution in [3.05, 3.63) is 69.9 Å². The van der Waals surface area contributed by atoms with Crippen molar-refractivity contribution < 1.29 is 28.5 Å². The smallest absolute Gasteiger partial charge is 0.213 e. The zero-order chi connectivity index (χ0) is 19.1.